The summed E-state index contributed by atoms with van der Waals surface area (Å²) < 4.78 is 6.37. The highest BCUT2D eigenvalue weighted by atomic mass is 16.3. The van der Waals surface area contributed by atoms with E-state index in [2.05, 4.69) is 75.4 Å². The molecular weight excluding hydrogens is 390 g/mol. The van der Waals surface area contributed by atoms with Gasteiger partial charge in [0.05, 0.1) is 0 Å². The van der Waals surface area contributed by atoms with Crippen LogP contribution in [0.5, 0.6) is 0 Å². The van der Waals surface area contributed by atoms with Gasteiger partial charge in [0, 0.05) is 16.3 Å². The summed E-state index contributed by atoms with van der Waals surface area (Å²) in [4.78, 5) is 4.99. The van der Waals surface area contributed by atoms with E-state index in [1.807, 2.05) is 30.3 Å². The second-order valence-corrected chi connectivity index (χ2v) is 8.61. The molecule has 154 valence electrons. The maximum Gasteiger partial charge on any atom is 0.227 e. The first-order chi connectivity index (χ1) is 15.6. The van der Waals surface area contributed by atoms with Gasteiger partial charge < -0.3 is 4.42 Å². The van der Waals surface area contributed by atoms with Crippen LogP contribution in [0.4, 0.5) is 0 Å². The minimum atomic E-state index is 0.659. The molecule has 0 aliphatic heterocycles. The fourth-order valence-electron chi connectivity index (χ4n) is 5.14. The number of oxazole rings is 1. The fourth-order valence-corrected chi connectivity index (χ4v) is 5.14. The molecule has 0 aliphatic rings. The highest BCUT2D eigenvalue weighted by Crippen LogP contribution is 2.42. The smallest absolute Gasteiger partial charge is 0.227 e. The lowest BCUT2D eigenvalue weighted by Crippen LogP contribution is -1.92. The normalized spacial score (nSPS) is 11.6. The van der Waals surface area contributed by atoms with Crippen molar-refractivity contribution in [1.82, 2.24) is 4.98 Å². The molecule has 0 bridgehead atoms. The molecule has 1 aromatic heterocycles. The van der Waals surface area contributed by atoms with Crippen LogP contribution in [0.1, 0.15) is 16.7 Å². The van der Waals surface area contributed by atoms with Crippen LogP contribution in [-0.4, -0.2) is 4.98 Å². The van der Waals surface area contributed by atoms with Gasteiger partial charge in [0.2, 0.25) is 5.89 Å². The van der Waals surface area contributed by atoms with E-state index in [-0.39, 0.29) is 0 Å². The van der Waals surface area contributed by atoms with Crippen molar-refractivity contribution in [2.45, 2.75) is 20.8 Å². The fraction of sp³-hybridized carbons (Fsp3) is 0.100. The number of hydrogen-bond donors (Lipinski definition) is 0. The van der Waals surface area contributed by atoms with E-state index in [4.69, 9.17) is 9.40 Å². The SMILES string of the molecule is Cc1cc(C)c(-c2cccc3c4nc(-c5ccccc5)oc4c4ccccc4c23)c(C)c1. The summed E-state index contributed by atoms with van der Waals surface area (Å²) in [5, 5.41) is 4.65. The predicted molar refractivity (Wildman–Crippen MR) is 134 cm³/mol. The van der Waals surface area contributed by atoms with Crippen molar-refractivity contribution >= 4 is 32.6 Å². The van der Waals surface area contributed by atoms with Crippen LogP contribution in [-0.2, 0) is 0 Å². The van der Waals surface area contributed by atoms with Crippen molar-refractivity contribution in [3.05, 3.63) is 102 Å². The number of hydrogen-bond acceptors (Lipinski definition) is 2. The van der Waals surface area contributed by atoms with Gasteiger partial charge in [-0.1, -0.05) is 78.4 Å². The molecule has 0 N–H and O–H groups in total. The van der Waals surface area contributed by atoms with E-state index >= 15 is 0 Å². The van der Waals surface area contributed by atoms with Gasteiger partial charge in [-0.25, -0.2) is 4.98 Å². The standard InChI is InChI=1S/C30H23NO/c1-18-16-19(2)26(20(3)17-18)24-14-9-15-25-27(24)22-12-7-8-13-23(22)29-28(25)31-30(32-29)21-10-5-4-6-11-21/h4-17H,1-3H3. The van der Waals surface area contributed by atoms with Gasteiger partial charge >= 0.3 is 0 Å². The zero-order valence-corrected chi connectivity index (χ0v) is 18.4. The predicted octanol–water partition coefficient (Wildman–Crippen LogP) is 8.39. The molecule has 0 fully saturated rings. The lowest BCUT2D eigenvalue weighted by Gasteiger charge is -2.16. The summed E-state index contributed by atoms with van der Waals surface area (Å²) in [6, 6.07) is 29.7. The largest absolute Gasteiger partial charge is 0.435 e. The van der Waals surface area contributed by atoms with Gasteiger partial charge in [0.25, 0.3) is 0 Å². The van der Waals surface area contributed by atoms with Crippen molar-refractivity contribution < 1.29 is 4.42 Å². The molecule has 0 amide bonds. The average Bonchev–Trinajstić information content (AvgIpc) is 3.25. The molecule has 2 heteroatoms. The zero-order chi connectivity index (χ0) is 21.8. The summed E-state index contributed by atoms with van der Waals surface area (Å²) in [5.41, 5.74) is 9.19. The lowest BCUT2D eigenvalue weighted by atomic mass is 9.88. The van der Waals surface area contributed by atoms with Gasteiger partial charge in [-0.05, 0) is 65.9 Å². The van der Waals surface area contributed by atoms with Gasteiger partial charge in [-0.15, -0.1) is 0 Å². The van der Waals surface area contributed by atoms with E-state index in [1.165, 1.54) is 38.6 Å². The summed E-state index contributed by atoms with van der Waals surface area (Å²) in [6.07, 6.45) is 0. The molecule has 2 nitrogen and oxygen atoms in total. The number of rotatable bonds is 2. The van der Waals surface area contributed by atoms with E-state index in [9.17, 15) is 0 Å². The summed E-state index contributed by atoms with van der Waals surface area (Å²) in [5.74, 6) is 0.659. The highest BCUT2D eigenvalue weighted by Gasteiger charge is 2.19. The summed E-state index contributed by atoms with van der Waals surface area (Å²) in [6.45, 7) is 6.57. The summed E-state index contributed by atoms with van der Waals surface area (Å²) in [7, 11) is 0. The first kappa shape index (κ1) is 18.8. The maximum absolute atomic E-state index is 6.37. The second-order valence-electron chi connectivity index (χ2n) is 8.61. The Hall–Kier alpha value is -3.91. The van der Waals surface area contributed by atoms with E-state index in [0.717, 1.165) is 27.4 Å². The molecule has 6 rings (SSSR count). The Morgan fingerprint density at radius 3 is 2.06 bits per heavy atom. The average molecular weight is 414 g/mol. The molecule has 32 heavy (non-hydrogen) atoms. The van der Waals surface area contributed by atoms with Gasteiger partial charge in [-0.2, -0.15) is 0 Å². The third-order valence-electron chi connectivity index (χ3n) is 6.35. The Bertz CT molecular complexity index is 1620. The zero-order valence-electron chi connectivity index (χ0n) is 18.4. The van der Waals surface area contributed by atoms with Crippen molar-refractivity contribution in [1.29, 1.82) is 0 Å². The second kappa shape index (κ2) is 7.06. The molecule has 5 aromatic carbocycles. The summed E-state index contributed by atoms with van der Waals surface area (Å²) >= 11 is 0. The van der Waals surface area contributed by atoms with Crippen LogP contribution in [0.3, 0.4) is 0 Å². The van der Waals surface area contributed by atoms with E-state index < -0.39 is 0 Å². The van der Waals surface area contributed by atoms with Crippen molar-refractivity contribution in [3.63, 3.8) is 0 Å². The van der Waals surface area contributed by atoms with Crippen molar-refractivity contribution in [3.8, 4) is 22.6 Å². The molecule has 1 heterocycles. The topological polar surface area (TPSA) is 26.0 Å². The van der Waals surface area contributed by atoms with Gasteiger partial charge in [-0.3, -0.25) is 0 Å². The van der Waals surface area contributed by atoms with Crippen molar-refractivity contribution in [2.75, 3.05) is 0 Å². The van der Waals surface area contributed by atoms with Gasteiger partial charge in [0.15, 0.2) is 5.58 Å². The van der Waals surface area contributed by atoms with Crippen LogP contribution in [0.15, 0.2) is 89.3 Å². The minimum Gasteiger partial charge on any atom is -0.435 e. The van der Waals surface area contributed by atoms with Gasteiger partial charge in [0.1, 0.15) is 5.52 Å². The van der Waals surface area contributed by atoms with E-state index in [0.29, 0.717) is 5.89 Å². The Morgan fingerprint density at radius 1 is 0.656 bits per heavy atom. The first-order valence-corrected chi connectivity index (χ1v) is 11.0. The maximum atomic E-state index is 6.37. The molecule has 6 aromatic rings. The third kappa shape index (κ3) is 2.76. The molecule has 0 unspecified atom stereocenters. The molecule has 0 aliphatic carbocycles. The Labute approximate surface area is 187 Å². The van der Waals surface area contributed by atoms with Crippen LogP contribution in [0, 0.1) is 20.8 Å². The third-order valence-corrected chi connectivity index (χ3v) is 6.35. The lowest BCUT2D eigenvalue weighted by molar-refractivity contribution is 0.623. The highest BCUT2D eigenvalue weighted by molar-refractivity contribution is 6.26. The Morgan fingerprint density at radius 2 is 1.31 bits per heavy atom. The van der Waals surface area contributed by atoms with Crippen molar-refractivity contribution in [2.24, 2.45) is 0 Å². The minimum absolute atomic E-state index is 0.659. The molecule has 0 saturated heterocycles. The van der Waals surface area contributed by atoms with Crippen LogP contribution in [0.25, 0.3) is 55.2 Å². The van der Waals surface area contributed by atoms with E-state index in [1.54, 1.807) is 0 Å². The Kier molecular flexibility index (Phi) is 4.16. The monoisotopic (exact) mass is 413 g/mol. The number of fused-ring (bicyclic) bond motifs is 6. The van der Waals surface area contributed by atoms with Crippen LogP contribution < -0.4 is 0 Å². The molecule has 0 saturated carbocycles. The number of benzene rings is 5. The molecule has 0 radical (unpaired) electrons. The number of aromatic nitrogens is 1. The first-order valence-electron chi connectivity index (χ1n) is 11.0. The molecular formula is C30H23NO. The number of aryl methyl sites for hydroxylation is 3. The molecule has 0 spiro atoms. The Balaban J connectivity index is 1.79. The molecule has 0 atom stereocenters. The van der Waals surface area contributed by atoms with Crippen LogP contribution in [0.2, 0.25) is 0 Å². The quantitative estimate of drug-likeness (QED) is 0.266. The van der Waals surface area contributed by atoms with Crippen LogP contribution >= 0.6 is 0 Å². The number of nitrogens with zero attached hydrogens (tertiary/aromatic N) is 1.